The van der Waals surface area contributed by atoms with Crippen molar-refractivity contribution in [3.8, 4) is 17.1 Å². The van der Waals surface area contributed by atoms with Gasteiger partial charge >= 0.3 is 5.97 Å². The maximum atomic E-state index is 12.2. The zero-order chi connectivity index (χ0) is 20.1. The number of para-hydroxylation sites is 2. The molecule has 0 N–H and O–H groups in total. The van der Waals surface area contributed by atoms with E-state index in [1.54, 1.807) is 36.7 Å². The maximum absolute atomic E-state index is 12.2. The summed E-state index contributed by atoms with van der Waals surface area (Å²) in [5.41, 5.74) is 1.33. The number of carbonyl (C=O) groups excluding carboxylic acids is 2. The molecule has 1 aromatic carbocycles. The molecule has 2 aromatic heterocycles. The van der Waals surface area contributed by atoms with Crippen molar-refractivity contribution in [1.29, 1.82) is 0 Å². The minimum absolute atomic E-state index is 0.0965. The van der Waals surface area contributed by atoms with Gasteiger partial charge in [-0.2, -0.15) is 4.98 Å². The van der Waals surface area contributed by atoms with E-state index < -0.39 is 5.97 Å². The lowest BCUT2D eigenvalue weighted by molar-refractivity contribution is -0.143. The van der Waals surface area contributed by atoms with Crippen LogP contribution in [0.5, 0.6) is 5.75 Å². The number of amides is 1. The molecule has 0 radical (unpaired) electrons. The largest absolute Gasteiger partial charge is 0.482 e. The SMILES string of the molecule is O=C(CN1C(=O)COc2ccccc21)OCCCc1nc(-c2cccnc2)no1. The number of fused-ring (bicyclic) bond motifs is 1. The molecule has 148 valence electrons. The van der Waals surface area contributed by atoms with E-state index in [0.717, 1.165) is 5.56 Å². The zero-order valence-electron chi connectivity index (χ0n) is 15.5. The Morgan fingerprint density at radius 2 is 2.10 bits per heavy atom. The van der Waals surface area contributed by atoms with Gasteiger partial charge in [-0.1, -0.05) is 17.3 Å². The van der Waals surface area contributed by atoms with Crippen LogP contribution in [0.2, 0.25) is 0 Å². The predicted molar refractivity (Wildman–Crippen MR) is 101 cm³/mol. The number of carbonyl (C=O) groups is 2. The number of pyridine rings is 1. The summed E-state index contributed by atoms with van der Waals surface area (Å²) in [4.78, 5) is 33.9. The molecule has 29 heavy (non-hydrogen) atoms. The van der Waals surface area contributed by atoms with Crippen molar-refractivity contribution in [3.63, 3.8) is 0 Å². The van der Waals surface area contributed by atoms with Crippen LogP contribution in [0.3, 0.4) is 0 Å². The lowest BCUT2D eigenvalue weighted by atomic mass is 10.2. The number of rotatable bonds is 7. The topological polar surface area (TPSA) is 108 Å². The highest BCUT2D eigenvalue weighted by atomic mass is 16.5. The summed E-state index contributed by atoms with van der Waals surface area (Å²) < 4.78 is 15.8. The summed E-state index contributed by atoms with van der Waals surface area (Å²) in [5, 5.41) is 3.92. The number of hydrogen-bond donors (Lipinski definition) is 0. The standard InChI is InChI=1S/C20H18N4O5/c25-18-13-28-16-7-2-1-6-15(16)24(18)12-19(26)27-10-4-8-17-22-20(23-29-17)14-5-3-9-21-11-14/h1-3,5-7,9,11H,4,8,10,12-13H2. The Morgan fingerprint density at radius 1 is 1.21 bits per heavy atom. The Bertz CT molecular complexity index is 1000. The van der Waals surface area contributed by atoms with Gasteiger partial charge in [-0.25, -0.2) is 0 Å². The van der Waals surface area contributed by atoms with Crippen molar-refractivity contribution < 1.29 is 23.6 Å². The molecule has 3 aromatic rings. The first-order valence-corrected chi connectivity index (χ1v) is 9.11. The second-order valence-corrected chi connectivity index (χ2v) is 6.31. The summed E-state index contributed by atoms with van der Waals surface area (Å²) in [6.07, 6.45) is 4.32. The van der Waals surface area contributed by atoms with Gasteiger partial charge in [0.25, 0.3) is 5.91 Å². The van der Waals surface area contributed by atoms with E-state index in [2.05, 4.69) is 15.1 Å². The first-order chi connectivity index (χ1) is 14.2. The van der Waals surface area contributed by atoms with Crippen molar-refractivity contribution in [2.45, 2.75) is 12.8 Å². The summed E-state index contributed by atoms with van der Waals surface area (Å²) in [6, 6.07) is 10.7. The smallest absolute Gasteiger partial charge is 0.326 e. The lowest BCUT2D eigenvalue weighted by Crippen LogP contribution is -2.42. The molecule has 4 rings (SSSR count). The maximum Gasteiger partial charge on any atom is 0.326 e. The number of hydrogen-bond acceptors (Lipinski definition) is 8. The molecule has 1 amide bonds. The fourth-order valence-electron chi connectivity index (χ4n) is 2.88. The first kappa shape index (κ1) is 18.6. The minimum atomic E-state index is -0.489. The number of benzene rings is 1. The van der Waals surface area contributed by atoms with E-state index in [0.29, 0.717) is 36.0 Å². The van der Waals surface area contributed by atoms with Crippen molar-refractivity contribution in [1.82, 2.24) is 15.1 Å². The van der Waals surface area contributed by atoms with E-state index >= 15 is 0 Å². The molecule has 0 spiro atoms. The molecule has 0 atom stereocenters. The molecule has 0 aliphatic carbocycles. The van der Waals surface area contributed by atoms with E-state index in [-0.39, 0.29) is 25.7 Å². The van der Waals surface area contributed by atoms with Crippen LogP contribution in [-0.4, -0.2) is 46.8 Å². The van der Waals surface area contributed by atoms with Gasteiger partial charge in [0.2, 0.25) is 11.7 Å². The van der Waals surface area contributed by atoms with Crippen LogP contribution in [0.15, 0.2) is 53.3 Å². The number of nitrogens with zero attached hydrogens (tertiary/aromatic N) is 4. The lowest BCUT2D eigenvalue weighted by Gasteiger charge is -2.28. The highest BCUT2D eigenvalue weighted by molar-refractivity contribution is 6.01. The van der Waals surface area contributed by atoms with Crippen LogP contribution < -0.4 is 9.64 Å². The van der Waals surface area contributed by atoms with Crippen molar-refractivity contribution >= 4 is 17.6 Å². The van der Waals surface area contributed by atoms with Crippen LogP contribution in [0.1, 0.15) is 12.3 Å². The normalized spacial score (nSPS) is 13.0. The van der Waals surface area contributed by atoms with Crippen LogP contribution in [0, 0.1) is 0 Å². The highest BCUT2D eigenvalue weighted by Crippen LogP contribution is 2.31. The van der Waals surface area contributed by atoms with Crippen LogP contribution >= 0.6 is 0 Å². The van der Waals surface area contributed by atoms with Crippen molar-refractivity contribution in [2.75, 3.05) is 24.7 Å². The van der Waals surface area contributed by atoms with E-state index in [1.165, 1.54) is 4.90 Å². The molecule has 9 nitrogen and oxygen atoms in total. The number of aromatic nitrogens is 3. The van der Waals surface area contributed by atoms with Crippen LogP contribution in [0.4, 0.5) is 5.69 Å². The summed E-state index contributed by atoms with van der Waals surface area (Å²) in [7, 11) is 0. The van der Waals surface area contributed by atoms with Gasteiger partial charge in [0.05, 0.1) is 12.3 Å². The summed E-state index contributed by atoms with van der Waals surface area (Å²) >= 11 is 0. The Morgan fingerprint density at radius 3 is 2.97 bits per heavy atom. The predicted octanol–water partition coefficient (Wildman–Crippen LogP) is 2.03. The number of aryl methyl sites for hydroxylation is 1. The van der Waals surface area contributed by atoms with Crippen LogP contribution in [-0.2, 0) is 20.7 Å². The quantitative estimate of drug-likeness (QED) is 0.442. The van der Waals surface area contributed by atoms with Gasteiger partial charge in [-0.3, -0.25) is 19.5 Å². The van der Waals surface area contributed by atoms with Gasteiger partial charge in [-0.15, -0.1) is 0 Å². The van der Waals surface area contributed by atoms with Gasteiger partial charge in [0, 0.05) is 24.4 Å². The molecule has 1 aliphatic rings. The third-order valence-corrected chi connectivity index (χ3v) is 4.28. The Balaban J connectivity index is 1.25. The number of esters is 1. The zero-order valence-corrected chi connectivity index (χ0v) is 15.5. The molecule has 3 heterocycles. The van der Waals surface area contributed by atoms with Crippen LogP contribution in [0.25, 0.3) is 11.4 Å². The molecule has 0 fully saturated rings. The van der Waals surface area contributed by atoms with E-state index in [1.807, 2.05) is 12.1 Å². The Hall–Kier alpha value is -3.75. The van der Waals surface area contributed by atoms with Gasteiger partial charge < -0.3 is 14.0 Å². The molecule has 0 saturated heterocycles. The Labute approximate surface area is 166 Å². The van der Waals surface area contributed by atoms with E-state index in [9.17, 15) is 9.59 Å². The number of ether oxygens (including phenoxy) is 2. The highest BCUT2D eigenvalue weighted by Gasteiger charge is 2.27. The average Bonchev–Trinajstić information content (AvgIpc) is 3.23. The van der Waals surface area contributed by atoms with Crippen molar-refractivity contribution in [3.05, 3.63) is 54.7 Å². The molecule has 0 bridgehead atoms. The minimum Gasteiger partial charge on any atom is -0.482 e. The monoisotopic (exact) mass is 394 g/mol. The second kappa shape index (κ2) is 8.51. The van der Waals surface area contributed by atoms with Gasteiger partial charge in [0.1, 0.15) is 12.3 Å². The Kier molecular flexibility index (Phi) is 5.46. The van der Waals surface area contributed by atoms with Gasteiger partial charge in [-0.05, 0) is 30.7 Å². The third-order valence-electron chi connectivity index (χ3n) is 4.28. The third kappa shape index (κ3) is 4.40. The van der Waals surface area contributed by atoms with E-state index in [4.69, 9.17) is 14.0 Å². The fraction of sp³-hybridized carbons (Fsp3) is 0.250. The number of anilines is 1. The first-order valence-electron chi connectivity index (χ1n) is 9.11. The average molecular weight is 394 g/mol. The summed E-state index contributed by atoms with van der Waals surface area (Å²) in [5.74, 6) is 0.721. The molecule has 0 saturated carbocycles. The van der Waals surface area contributed by atoms with Crippen molar-refractivity contribution in [2.24, 2.45) is 0 Å². The molecule has 0 unspecified atom stereocenters. The molecular formula is C20H18N4O5. The fourth-order valence-corrected chi connectivity index (χ4v) is 2.88. The molecule has 9 heteroatoms. The second-order valence-electron chi connectivity index (χ2n) is 6.31. The molecule has 1 aliphatic heterocycles. The molecular weight excluding hydrogens is 376 g/mol. The summed E-state index contributed by atoms with van der Waals surface area (Å²) in [6.45, 7) is -0.0741. The van der Waals surface area contributed by atoms with Gasteiger partial charge in [0.15, 0.2) is 6.61 Å².